The first-order chi connectivity index (χ1) is 14.3. The van der Waals surface area contributed by atoms with E-state index in [9.17, 15) is 18.8 Å². The molecule has 0 atom stereocenters. The van der Waals surface area contributed by atoms with E-state index in [1.807, 2.05) is 0 Å². The number of benzene rings is 2. The predicted molar refractivity (Wildman–Crippen MR) is 116 cm³/mol. The van der Waals surface area contributed by atoms with Crippen LogP contribution in [0.4, 0.5) is 15.8 Å². The van der Waals surface area contributed by atoms with E-state index in [1.165, 1.54) is 18.2 Å². The summed E-state index contributed by atoms with van der Waals surface area (Å²) in [5, 5.41) is 7.58. The van der Waals surface area contributed by atoms with E-state index in [1.54, 1.807) is 25.1 Å². The molecule has 2 amide bonds. The molecule has 3 N–H and O–H groups in total. The number of anilines is 2. The first-order valence-corrected chi connectivity index (χ1v) is 9.40. The average Bonchev–Trinajstić information content (AvgIpc) is 2.69. The van der Waals surface area contributed by atoms with Gasteiger partial charge in [-0.05, 0) is 55.5 Å². The van der Waals surface area contributed by atoms with Gasteiger partial charge in [0.05, 0.1) is 11.6 Å². The maximum absolute atomic E-state index is 13.2. The quantitative estimate of drug-likeness (QED) is 0.354. The molecule has 2 rings (SSSR count). The third-order valence-electron chi connectivity index (χ3n) is 3.45. The van der Waals surface area contributed by atoms with Gasteiger partial charge >= 0.3 is 5.97 Å². The number of nitrogens with one attached hydrogen (secondary N) is 3. The van der Waals surface area contributed by atoms with Gasteiger partial charge in [0.25, 0.3) is 5.91 Å². The molecule has 0 spiro atoms. The van der Waals surface area contributed by atoms with E-state index in [-0.39, 0.29) is 22.3 Å². The van der Waals surface area contributed by atoms with Crippen LogP contribution in [0.25, 0.3) is 0 Å². The van der Waals surface area contributed by atoms with Crippen molar-refractivity contribution in [2.24, 2.45) is 0 Å². The molecule has 7 nitrogen and oxygen atoms in total. The Balaban J connectivity index is 1.96. The third-order valence-corrected chi connectivity index (χ3v) is 3.95. The molecule has 0 aliphatic carbocycles. The lowest BCUT2D eigenvalue weighted by molar-refractivity contribution is -0.137. The van der Waals surface area contributed by atoms with Crippen molar-refractivity contribution >= 4 is 58.1 Å². The molecule has 10 heteroatoms. The van der Waals surface area contributed by atoms with E-state index in [4.69, 9.17) is 23.8 Å². The van der Waals surface area contributed by atoms with Crippen LogP contribution in [0.2, 0.25) is 5.02 Å². The Hall–Kier alpha value is -3.30. The minimum Gasteiger partial charge on any atom is -0.463 e. The first kappa shape index (κ1) is 23.0. The molecule has 0 heterocycles. The predicted octanol–water partition coefficient (Wildman–Crippen LogP) is 3.66. The van der Waals surface area contributed by atoms with Crippen molar-refractivity contribution in [2.45, 2.75) is 6.92 Å². The Morgan fingerprint density at radius 3 is 2.53 bits per heavy atom. The van der Waals surface area contributed by atoms with E-state index in [0.717, 1.165) is 18.2 Å². The van der Waals surface area contributed by atoms with E-state index in [2.05, 4.69) is 20.7 Å². The van der Waals surface area contributed by atoms with Crippen LogP contribution < -0.4 is 16.0 Å². The molecule has 2 aromatic rings. The van der Waals surface area contributed by atoms with Gasteiger partial charge in [-0.3, -0.25) is 14.9 Å². The smallest absolute Gasteiger partial charge is 0.330 e. The average molecular weight is 450 g/mol. The number of rotatable bonds is 6. The molecule has 0 aliphatic rings. The van der Waals surface area contributed by atoms with Crippen molar-refractivity contribution in [3.63, 3.8) is 0 Å². The van der Waals surface area contributed by atoms with Crippen molar-refractivity contribution in [1.82, 2.24) is 5.32 Å². The number of thiocarbonyl (C=S) groups is 1. The number of halogens is 2. The molecule has 30 heavy (non-hydrogen) atoms. The molecule has 0 unspecified atom stereocenters. The highest BCUT2D eigenvalue weighted by Gasteiger charge is 2.10. The van der Waals surface area contributed by atoms with Crippen LogP contribution in [0.5, 0.6) is 0 Å². The number of amides is 2. The number of esters is 1. The summed E-state index contributed by atoms with van der Waals surface area (Å²) in [5.41, 5.74) is 1.07. The highest BCUT2D eigenvalue weighted by atomic mass is 35.5. The second-order valence-electron chi connectivity index (χ2n) is 5.69. The molecular formula is C20H17ClFN3O4S. The van der Waals surface area contributed by atoms with Gasteiger partial charge in [-0.1, -0.05) is 17.7 Å². The van der Waals surface area contributed by atoms with Crippen LogP contribution in [-0.4, -0.2) is 29.5 Å². The molecule has 2 aromatic carbocycles. The largest absolute Gasteiger partial charge is 0.463 e. The summed E-state index contributed by atoms with van der Waals surface area (Å²) in [6.07, 6.45) is 1.97. The Morgan fingerprint density at radius 2 is 1.83 bits per heavy atom. The summed E-state index contributed by atoms with van der Waals surface area (Å²) in [6.45, 7) is 1.84. The zero-order valence-electron chi connectivity index (χ0n) is 15.7. The highest BCUT2D eigenvalue weighted by Crippen LogP contribution is 2.20. The highest BCUT2D eigenvalue weighted by molar-refractivity contribution is 7.80. The van der Waals surface area contributed by atoms with E-state index in [0.29, 0.717) is 11.4 Å². The van der Waals surface area contributed by atoms with Crippen molar-refractivity contribution in [3.8, 4) is 0 Å². The topological polar surface area (TPSA) is 96.5 Å². The Labute approximate surface area is 182 Å². The summed E-state index contributed by atoms with van der Waals surface area (Å²) in [7, 11) is 0. The zero-order valence-corrected chi connectivity index (χ0v) is 17.3. The normalized spacial score (nSPS) is 10.4. The van der Waals surface area contributed by atoms with Crippen LogP contribution in [0.3, 0.4) is 0 Å². The van der Waals surface area contributed by atoms with Crippen LogP contribution in [0.15, 0.2) is 54.6 Å². The third kappa shape index (κ3) is 7.26. The lowest BCUT2D eigenvalue weighted by Gasteiger charge is -2.10. The lowest BCUT2D eigenvalue weighted by Crippen LogP contribution is -2.33. The van der Waals surface area contributed by atoms with Crippen LogP contribution in [0.1, 0.15) is 17.3 Å². The monoisotopic (exact) mass is 449 g/mol. The van der Waals surface area contributed by atoms with Gasteiger partial charge in [0.15, 0.2) is 5.11 Å². The second kappa shape index (κ2) is 11.0. The lowest BCUT2D eigenvalue weighted by atomic mass is 10.2. The summed E-state index contributed by atoms with van der Waals surface area (Å²) in [6, 6.07) is 10.1. The molecule has 0 saturated heterocycles. The number of carbonyl (C=O) groups excluding carboxylic acids is 3. The molecule has 0 fully saturated rings. The van der Waals surface area contributed by atoms with E-state index >= 15 is 0 Å². The van der Waals surface area contributed by atoms with Crippen molar-refractivity contribution < 1.29 is 23.5 Å². The SMILES string of the molecule is CCOC(=O)/C=C/C(=O)NC(=S)Nc1cccc(C(=O)Nc2ccc(F)c(Cl)c2)c1. The minimum atomic E-state index is -0.646. The summed E-state index contributed by atoms with van der Waals surface area (Å²) in [4.78, 5) is 35.3. The maximum atomic E-state index is 13.2. The van der Waals surface area contributed by atoms with Crippen molar-refractivity contribution in [1.29, 1.82) is 0 Å². The van der Waals surface area contributed by atoms with Gasteiger partial charge in [-0.15, -0.1) is 0 Å². The summed E-state index contributed by atoms with van der Waals surface area (Å²) >= 11 is 10.7. The van der Waals surface area contributed by atoms with Gasteiger partial charge in [0.2, 0.25) is 5.91 Å². The van der Waals surface area contributed by atoms with Gasteiger partial charge in [0.1, 0.15) is 5.82 Å². The number of hydrogen-bond acceptors (Lipinski definition) is 5. The molecule has 0 bridgehead atoms. The molecule has 0 aliphatic heterocycles. The first-order valence-electron chi connectivity index (χ1n) is 8.61. The standard InChI is InChI=1S/C20H17ClFN3O4S/c1-2-29-18(27)9-8-17(26)25-20(30)24-13-5-3-4-12(10-13)19(28)23-14-6-7-16(22)15(21)11-14/h3-11H,2H2,1H3,(H,23,28)(H2,24,25,26,30)/b9-8+. The number of ether oxygens (including phenoxy) is 1. The van der Waals surface area contributed by atoms with Gasteiger partial charge < -0.3 is 15.4 Å². The fourth-order valence-electron chi connectivity index (χ4n) is 2.17. The Morgan fingerprint density at radius 1 is 1.10 bits per heavy atom. The number of carbonyl (C=O) groups is 3. The van der Waals surface area contributed by atoms with Crippen molar-refractivity contribution in [3.05, 3.63) is 71.0 Å². The van der Waals surface area contributed by atoms with E-state index < -0.39 is 23.6 Å². The van der Waals surface area contributed by atoms with Crippen molar-refractivity contribution in [2.75, 3.05) is 17.2 Å². The second-order valence-corrected chi connectivity index (χ2v) is 6.51. The maximum Gasteiger partial charge on any atom is 0.330 e. The van der Waals surface area contributed by atoms with Gasteiger partial charge in [-0.25, -0.2) is 9.18 Å². The fourth-order valence-corrected chi connectivity index (χ4v) is 2.56. The van der Waals surface area contributed by atoms with Gasteiger partial charge in [-0.2, -0.15) is 0 Å². The Bertz CT molecular complexity index is 1010. The zero-order chi connectivity index (χ0) is 22.1. The molecule has 0 radical (unpaired) electrons. The summed E-state index contributed by atoms with van der Waals surface area (Å²) in [5.74, 6) is -2.31. The molecule has 0 aromatic heterocycles. The molecule has 0 saturated carbocycles. The van der Waals surface area contributed by atoms with Gasteiger partial charge in [0, 0.05) is 29.1 Å². The van der Waals surface area contributed by atoms with Crippen LogP contribution in [-0.2, 0) is 14.3 Å². The molecular weight excluding hydrogens is 433 g/mol. The Kier molecular flexibility index (Phi) is 8.45. The van der Waals surface area contributed by atoms with Crippen LogP contribution >= 0.6 is 23.8 Å². The molecule has 156 valence electrons. The summed E-state index contributed by atoms with van der Waals surface area (Å²) < 4.78 is 17.9. The number of hydrogen-bond donors (Lipinski definition) is 3. The minimum absolute atomic E-state index is 0.0311. The van der Waals surface area contributed by atoms with Crippen LogP contribution in [0, 0.1) is 5.82 Å². The fraction of sp³-hybridized carbons (Fsp3) is 0.100.